The fourth-order valence-corrected chi connectivity index (χ4v) is 5.44. The summed E-state index contributed by atoms with van der Waals surface area (Å²) in [6.45, 7) is 0.245. The fourth-order valence-electron chi connectivity index (χ4n) is 5.15. The van der Waals surface area contributed by atoms with E-state index in [1.54, 1.807) is 18.2 Å². The monoisotopic (exact) mass is 478 g/mol. The van der Waals surface area contributed by atoms with E-state index in [9.17, 15) is 14.0 Å². The number of anilines is 1. The first kappa shape index (κ1) is 21.3. The molecular formula is C23H21Cl2FN2O4. The molecule has 0 spiro atoms. The molecule has 2 aromatic carbocycles. The Bertz CT molecular complexity index is 1090. The number of halogens is 3. The molecule has 4 aliphatic rings. The molecule has 0 saturated heterocycles. The molecule has 1 amide bonds. The van der Waals surface area contributed by atoms with E-state index in [2.05, 4.69) is 10.6 Å². The van der Waals surface area contributed by atoms with Crippen molar-refractivity contribution in [2.75, 3.05) is 18.5 Å². The summed E-state index contributed by atoms with van der Waals surface area (Å²) in [6, 6.07) is 9.31. The van der Waals surface area contributed by atoms with Crippen molar-refractivity contribution >= 4 is 40.6 Å². The minimum atomic E-state index is -0.622. The van der Waals surface area contributed by atoms with Gasteiger partial charge in [0.25, 0.3) is 5.91 Å². The van der Waals surface area contributed by atoms with E-state index >= 15 is 0 Å². The number of hydrogen-bond acceptors (Lipinski definition) is 5. The lowest BCUT2D eigenvalue weighted by molar-refractivity contribution is -0.175. The van der Waals surface area contributed by atoms with E-state index < -0.39 is 11.9 Å². The van der Waals surface area contributed by atoms with Crippen LogP contribution in [0.4, 0.5) is 10.1 Å². The van der Waals surface area contributed by atoms with Gasteiger partial charge in [-0.2, -0.15) is 0 Å². The molecule has 2 bridgehead atoms. The quantitative estimate of drug-likeness (QED) is 0.617. The number of fused-ring (bicyclic) bond motifs is 1. The van der Waals surface area contributed by atoms with Gasteiger partial charge in [-0.05, 0) is 55.0 Å². The third-order valence-corrected chi connectivity index (χ3v) is 6.91. The van der Waals surface area contributed by atoms with Crippen molar-refractivity contribution < 1.29 is 23.5 Å². The Balaban J connectivity index is 1.08. The zero-order chi connectivity index (χ0) is 22.5. The lowest BCUT2D eigenvalue weighted by Crippen LogP contribution is -2.76. The molecule has 168 valence electrons. The normalized spacial score (nSPS) is 27.0. The Kier molecular flexibility index (Phi) is 5.21. The standard InChI is InChI=1S/C23H21Cl2FN2O4/c24-13-1-4-19-18(5-13)27-8-20(32-19)21(30)28-23-10-22(11-23,12-23)7-14(29)9-31-15-2-3-16(25)17(26)6-15/h1-6,20,27H,7-12H2,(H,28,30)/t20-,22?,23?/m1/s1. The molecule has 6 nitrogen and oxygen atoms in total. The van der Waals surface area contributed by atoms with Gasteiger partial charge in [0.1, 0.15) is 23.9 Å². The van der Waals surface area contributed by atoms with Crippen LogP contribution in [-0.2, 0) is 9.59 Å². The van der Waals surface area contributed by atoms with Gasteiger partial charge in [-0.3, -0.25) is 9.59 Å². The van der Waals surface area contributed by atoms with Crippen molar-refractivity contribution in [1.29, 1.82) is 0 Å². The van der Waals surface area contributed by atoms with Crippen LogP contribution in [-0.4, -0.2) is 36.5 Å². The lowest BCUT2D eigenvalue weighted by Gasteiger charge is -2.70. The molecule has 3 fully saturated rings. The van der Waals surface area contributed by atoms with Crippen LogP contribution in [0.15, 0.2) is 36.4 Å². The summed E-state index contributed by atoms with van der Waals surface area (Å²) in [5.74, 6) is 0.0755. The molecule has 6 rings (SSSR count). The Hall–Kier alpha value is -2.51. The maximum absolute atomic E-state index is 13.5. The van der Waals surface area contributed by atoms with Crippen molar-refractivity contribution in [1.82, 2.24) is 5.32 Å². The maximum atomic E-state index is 13.5. The van der Waals surface area contributed by atoms with Gasteiger partial charge in [0.05, 0.1) is 17.3 Å². The molecule has 1 atom stereocenters. The molecule has 1 heterocycles. The minimum absolute atomic E-state index is 0.00732. The number of benzene rings is 2. The summed E-state index contributed by atoms with van der Waals surface area (Å²) in [4.78, 5) is 25.1. The zero-order valence-corrected chi connectivity index (χ0v) is 18.6. The third-order valence-electron chi connectivity index (χ3n) is 6.37. The number of Topliss-reactive ketones (excluding diaryl/α,β-unsaturated/α-hetero) is 1. The van der Waals surface area contributed by atoms with Crippen molar-refractivity contribution in [3.63, 3.8) is 0 Å². The van der Waals surface area contributed by atoms with E-state index in [0.29, 0.717) is 23.7 Å². The smallest absolute Gasteiger partial charge is 0.263 e. The van der Waals surface area contributed by atoms with Crippen molar-refractivity contribution in [3.8, 4) is 11.5 Å². The number of hydrogen-bond donors (Lipinski definition) is 2. The summed E-state index contributed by atoms with van der Waals surface area (Å²) in [6.07, 6.45) is 2.05. The SMILES string of the molecule is O=C(COc1ccc(Cl)c(F)c1)CC12CC(NC(=O)[C@H]3CNc4cc(Cl)ccc4O3)(C1)C2. The van der Waals surface area contributed by atoms with Crippen LogP contribution in [0.3, 0.4) is 0 Å². The molecule has 3 saturated carbocycles. The molecule has 9 heteroatoms. The van der Waals surface area contributed by atoms with Gasteiger partial charge >= 0.3 is 0 Å². The minimum Gasteiger partial charge on any atom is -0.486 e. The number of amides is 1. The van der Waals surface area contributed by atoms with E-state index in [4.69, 9.17) is 32.7 Å². The second kappa shape index (κ2) is 7.81. The Morgan fingerprint density at radius 3 is 2.72 bits per heavy atom. The van der Waals surface area contributed by atoms with Gasteiger partial charge < -0.3 is 20.1 Å². The van der Waals surface area contributed by atoms with Crippen LogP contribution >= 0.6 is 23.2 Å². The predicted octanol–water partition coefficient (Wildman–Crippen LogP) is 4.38. The number of ether oxygens (including phenoxy) is 2. The second-order valence-corrected chi connectivity index (χ2v) is 9.85. The number of rotatable bonds is 7. The number of ketones is 1. The average Bonchev–Trinajstić information content (AvgIpc) is 2.71. The summed E-state index contributed by atoms with van der Waals surface area (Å²) >= 11 is 11.6. The topological polar surface area (TPSA) is 76.7 Å². The molecule has 0 unspecified atom stereocenters. The molecule has 0 aromatic heterocycles. The molecule has 2 aromatic rings. The maximum Gasteiger partial charge on any atom is 0.263 e. The number of carbonyl (C=O) groups is 2. The van der Waals surface area contributed by atoms with Crippen molar-refractivity contribution in [2.24, 2.45) is 5.41 Å². The van der Waals surface area contributed by atoms with Crippen LogP contribution in [0.25, 0.3) is 0 Å². The highest BCUT2D eigenvalue weighted by molar-refractivity contribution is 6.31. The van der Waals surface area contributed by atoms with Crippen LogP contribution < -0.4 is 20.1 Å². The molecular weight excluding hydrogens is 458 g/mol. The van der Waals surface area contributed by atoms with E-state index in [0.717, 1.165) is 31.0 Å². The van der Waals surface area contributed by atoms with Crippen LogP contribution in [0.1, 0.15) is 25.7 Å². The van der Waals surface area contributed by atoms with E-state index in [-0.39, 0.29) is 40.0 Å². The van der Waals surface area contributed by atoms with Crippen LogP contribution in [0.2, 0.25) is 10.0 Å². The lowest BCUT2D eigenvalue weighted by atomic mass is 9.38. The van der Waals surface area contributed by atoms with Gasteiger partial charge in [-0.1, -0.05) is 23.2 Å². The highest BCUT2D eigenvalue weighted by atomic mass is 35.5. The number of carbonyl (C=O) groups excluding carboxylic acids is 2. The van der Waals surface area contributed by atoms with Crippen molar-refractivity contribution in [3.05, 3.63) is 52.3 Å². The highest BCUT2D eigenvalue weighted by Gasteiger charge is 2.68. The molecule has 1 aliphatic heterocycles. The second-order valence-electron chi connectivity index (χ2n) is 9.01. The summed E-state index contributed by atoms with van der Waals surface area (Å²) in [7, 11) is 0. The fraction of sp³-hybridized carbons (Fsp3) is 0.391. The van der Waals surface area contributed by atoms with Gasteiger partial charge in [0.2, 0.25) is 0 Å². The largest absolute Gasteiger partial charge is 0.486 e. The molecule has 32 heavy (non-hydrogen) atoms. The van der Waals surface area contributed by atoms with Gasteiger partial charge in [0.15, 0.2) is 11.9 Å². The first-order valence-corrected chi connectivity index (χ1v) is 11.1. The molecule has 0 radical (unpaired) electrons. The highest BCUT2D eigenvalue weighted by Crippen LogP contribution is 2.69. The Morgan fingerprint density at radius 1 is 1.19 bits per heavy atom. The summed E-state index contributed by atoms with van der Waals surface area (Å²) in [5.41, 5.74) is 0.447. The first-order valence-electron chi connectivity index (χ1n) is 10.4. The van der Waals surface area contributed by atoms with Gasteiger partial charge in [-0.15, -0.1) is 0 Å². The van der Waals surface area contributed by atoms with Crippen molar-refractivity contribution in [2.45, 2.75) is 37.3 Å². The zero-order valence-electron chi connectivity index (χ0n) is 17.1. The van der Waals surface area contributed by atoms with Crippen LogP contribution in [0, 0.1) is 11.2 Å². The summed E-state index contributed by atoms with van der Waals surface area (Å²) < 4.78 is 24.7. The Labute approximate surface area is 194 Å². The number of nitrogens with one attached hydrogen (secondary N) is 2. The van der Waals surface area contributed by atoms with Gasteiger partial charge in [-0.25, -0.2) is 4.39 Å². The molecule has 3 aliphatic carbocycles. The predicted molar refractivity (Wildman–Crippen MR) is 118 cm³/mol. The van der Waals surface area contributed by atoms with E-state index in [1.807, 2.05) is 0 Å². The van der Waals surface area contributed by atoms with E-state index in [1.165, 1.54) is 12.1 Å². The molecule has 2 N–H and O–H groups in total. The average molecular weight is 479 g/mol. The summed E-state index contributed by atoms with van der Waals surface area (Å²) in [5, 5.41) is 6.89. The van der Waals surface area contributed by atoms with Crippen LogP contribution in [0.5, 0.6) is 11.5 Å². The third kappa shape index (κ3) is 3.99. The Morgan fingerprint density at radius 2 is 1.97 bits per heavy atom. The van der Waals surface area contributed by atoms with Gasteiger partial charge in [0, 0.05) is 23.0 Å². The first-order chi connectivity index (χ1) is 15.2.